The summed E-state index contributed by atoms with van der Waals surface area (Å²) in [6, 6.07) is 0. The van der Waals surface area contributed by atoms with Gasteiger partial charge in [0.25, 0.3) is 0 Å². The van der Waals surface area contributed by atoms with Crippen molar-refractivity contribution in [3.8, 4) is 0 Å². The van der Waals surface area contributed by atoms with Crippen LogP contribution in [0.5, 0.6) is 0 Å². The van der Waals surface area contributed by atoms with E-state index >= 15 is 0 Å². The molecule has 0 amide bonds. The van der Waals surface area contributed by atoms with Gasteiger partial charge in [-0.15, -0.1) is 0 Å². The fourth-order valence-corrected chi connectivity index (χ4v) is 13.1. The van der Waals surface area contributed by atoms with E-state index in [-0.39, 0.29) is 4.82 Å². The van der Waals surface area contributed by atoms with Crippen molar-refractivity contribution in [1.82, 2.24) is 0 Å². The average molecular weight is 466 g/mol. The molecular formula is C11H18F7ISi2. The summed E-state index contributed by atoms with van der Waals surface area (Å²) in [6.45, 7) is 8.39. The standard InChI is InChI=1S/C11H18F7ISi2/c1-20(2)8(21(3,4)5)7(6-19)9(12,13)10(14,15)11(16,17)18/h20H,6H2,1-5H3. The Labute approximate surface area is 135 Å². The quantitative estimate of drug-likeness (QED) is 0.219. The highest BCUT2D eigenvalue weighted by Crippen LogP contribution is 2.51. The molecule has 0 radical (unpaired) electrons. The Bertz CT molecular complexity index is 408. The van der Waals surface area contributed by atoms with E-state index in [1.165, 1.54) is 22.6 Å². The number of rotatable bonds is 5. The molecule has 0 saturated carbocycles. The minimum atomic E-state index is -6.28. The summed E-state index contributed by atoms with van der Waals surface area (Å²) in [5.74, 6) is -11.3. The van der Waals surface area contributed by atoms with Gasteiger partial charge in [-0.25, -0.2) is 0 Å². The van der Waals surface area contributed by atoms with Crippen LogP contribution >= 0.6 is 22.6 Å². The summed E-state index contributed by atoms with van der Waals surface area (Å²) in [5.41, 5.74) is -1.02. The monoisotopic (exact) mass is 466 g/mol. The predicted molar refractivity (Wildman–Crippen MR) is 84.1 cm³/mol. The van der Waals surface area contributed by atoms with Crippen molar-refractivity contribution in [3.05, 3.63) is 10.4 Å². The van der Waals surface area contributed by atoms with Crippen LogP contribution in [0.15, 0.2) is 10.4 Å². The van der Waals surface area contributed by atoms with Gasteiger partial charge in [-0.05, 0) is 0 Å². The van der Waals surface area contributed by atoms with Crippen LogP contribution in [0, 0.1) is 0 Å². The number of alkyl halides is 8. The van der Waals surface area contributed by atoms with Gasteiger partial charge in [0.2, 0.25) is 0 Å². The van der Waals surface area contributed by atoms with Crippen LogP contribution in [-0.4, -0.2) is 39.3 Å². The Kier molecular flexibility index (Phi) is 6.62. The van der Waals surface area contributed by atoms with Crippen molar-refractivity contribution in [3.63, 3.8) is 0 Å². The molecule has 0 saturated heterocycles. The normalized spacial score (nSPS) is 16.3. The molecular weight excluding hydrogens is 448 g/mol. The minimum Gasteiger partial charge on any atom is -0.194 e. The molecule has 0 aromatic heterocycles. The summed E-state index contributed by atoms with van der Waals surface area (Å²) in [5, 5.41) is 0. The first-order valence-electron chi connectivity index (χ1n) is 6.14. The fraction of sp³-hybridized carbons (Fsp3) is 0.818. The van der Waals surface area contributed by atoms with Crippen LogP contribution in [-0.2, 0) is 0 Å². The van der Waals surface area contributed by atoms with Crippen molar-refractivity contribution in [1.29, 1.82) is 0 Å². The number of hydrogen-bond donors (Lipinski definition) is 0. The SMILES string of the molecule is C[SiH](C)C(=C(CI)C(F)(F)C(F)(F)C(F)(F)F)[Si](C)(C)C. The largest absolute Gasteiger partial charge is 0.460 e. The molecule has 0 fully saturated rings. The maximum Gasteiger partial charge on any atom is 0.460 e. The summed E-state index contributed by atoms with van der Waals surface area (Å²) < 4.78 is 91.1. The zero-order valence-corrected chi connectivity index (χ0v) is 16.6. The van der Waals surface area contributed by atoms with Gasteiger partial charge in [0.05, 0.1) is 16.9 Å². The van der Waals surface area contributed by atoms with E-state index in [1.807, 2.05) is 0 Å². The summed E-state index contributed by atoms with van der Waals surface area (Å²) >= 11 is 1.44. The number of halogens is 8. The third-order valence-electron chi connectivity index (χ3n) is 2.97. The van der Waals surface area contributed by atoms with Crippen LogP contribution < -0.4 is 0 Å². The summed E-state index contributed by atoms with van der Waals surface area (Å²) in [6.07, 6.45) is -6.28. The third-order valence-corrected chi connectivity index (χ3v) is 11.5. The highest BCUT2D eigenvalue weighted by atomic mass is 127. The maximum atomic E-state index is 14.0. The van der Waals surface area contributed by atoms with Crippen molar-refractivity contribution >= 4 is 39.5 Å². The lowest BCUT2D eigenvalue weighted by Gasteiger charge is -2.35. The molecule has 126 valence electrons. The van der Waals surface area contributed by atoms with E-state index in [4.69, 9.17) is 0 Å². The van der Waals surface area contributed by atoms with E-state index in [1.54, 1.807) is 32.7 Å². The van der Waals surface area contributed by atoms with Crippen LogP contribution in [0.2, 0.25) is 32.7 Å². The van der Waals surface area contributed by atoms with Crippen molar-refractivity contribution in [2.24, 2.45) is 0 Å². The van der Waals surface area contributed by atoms with Gasteiger partial charge < -0.3 is 0 Å². The van der Waals surface area contributed by atoms with Crippen molar-refractivity contribution in [2.45, 2.75) is 50.8 Å². The van der Waals surface area contributed by atoms with Crippen molar-refractivity contribution < 1.29 is 30.7 Å². The highest BCUT2D eigenvalue weighted by molar-refractivity contribution is 14.1. The molecule has 0 nitrogen and oxygen atoms in total. The van der Waals surface area contributed by atoms with Gasteiger partial charge in [-0.3, -0.25) is 0 Å². The second kappa shape index (κ2) is 6.50. The van der Waals surface area contributed by atoms with Crippen molar-refractivity contribution in [2.75, 3.05) is 4.43 Å². The molecule has 0 aromatic carbocycles. The molecule has 0 bridgehead atoms. The summed E-state index contributed by atoms with van der Waals surface area (Å²) in [4.78, 5) is 0.200. The van der Waals surface area contributed by atoms with Crippen LogP contribution in [0.1, 0.15) is 0 Å². The van der Waals surface area contributed by atoms with Gasteiger partial charge in [0.15, 0.2) is 0 Å². The molecule has 0 aliphatic rings. The smallest absolute Gasteiger partial charge is 0.194 e. The van der Waals surface area contributed by atoms with E-state index in [9.17, 15) is 30.7 Å². The van der Waals surface area contributed by atoms with E-state index < -0.39 is 44.9 Å². The van der Waals surface area contributed by atoms with E-state index in [2.05, 4.69) is 0 Å². The molecule has 10 heteroatoms. The Morgan fingerprint density at radius 1 is 0.952 bits per heavy atom. The maximum absolute atomic E-state index is 14.0. The van der Waals surface area contributed by atoms with Gasteiger partial charge in [0.1, 0.15) is 0 Å². The number of allylic oxidation sites excluding steroid dienone is 1. The van der Waals surface area contributed by atoms with E-state index in [0.717, 1.165) is 0 Å². The lowest BCUT2D eigenvalue weighted by molar-refractivity contribution is -0.344. The molecule has 0 spiro atoms. The first-order valence-corrected chi connectivity index (χ1v) is 14.0. The molecule has 0 N–H and O–H groups in total. The van der Waals surface area contributed by atoms with Crippen LogP contribution in [0.4, 0.5) is 30.7 Å². The summed E-state index contributed by atoms with van der Waals surface area (Å²) in [7, 11) is -4.38. The molecule has 0 rings (SSSR count). The molecule has 0 aromatic rings. The second-order valence-electron chi connectivity index (χ2n) is 6.08. The number of hydrogen-bond acceptors (Lipinski definition) is 0. The Morgan fingerprint density at radius 2 is 1.33 bits per heavy atom. The van der Waals surface area contributed by atoms with Crippen LogP contribution in [0.25, 0.3) is 0 Å². The topological polar surface area (TPSA) is 0 Å². The molecule has 0 aliphatic carbocycles. The molecule has 0 heterocycles. The minimum absolute atomic E-state index is 0.200. The highest BCUT2D eigenvalue weighted by Gasteiger charge is 2.74. The Balaban J connectivity index is 6.40. The molecule has 0 unspecified atom stereocenters. The van der Waals surface area contributed by atoms with Gasteiger partial charge in [-0.2, -0.15) is 30.7 Å². The fourth-order valence-electron chi connectivity index (χ4n) is 2.36. The second-order valence-corrected chi connectivity index (χ2v) is 15.3. The molecule has 21 heavy (non-hydrogen) atoms. The first-order chi connectivity index (χ1) is 9.01. The Morgan fingerprint density at radius 3 is 1.52 bits per heavy atom. The van der Waals surface area contributed by atoms with Gasteiger partial charge in [-0.1, -0.05) is 60.1 Å². The predicted octanol–water partition coefficient (Wildman–Crippen LogP) is 5.45. The lowest BCUT2D eigenvalue weighted by atomic mass is 10.1. The molecule has 0 aliphatic heterocycles. The third kappa shape index (κ3) is 4.24. The van der Waals surface area contributed by atoms with E-state index in [0.29, 0.717) is 0 Å². The average Bonchev–Trinajstić information content (AvgIpc) is 2.20. The Hall–Kier alpha value is 0.414. The lowest BCUT2D eigenvalue weighted by Crippen LogP contribution is -2.54. The van der Waals surface area contributed by atoms with Gasteiger partial charge in [0, 0.05) is 10.0 Å². The molecule has 0 atom stereocenters. The van der Waals surface area contributed by atoms with Crippen LogP contribution in [0.3, 0.4) is 0 Å². The van der Waals surface area contributed by atoms with Gasteiger partial charge >= 0.3 is 18.0 Å². The zero-order valence-electron chi connectivity index (χ0n) is 12.3. The zero-order chi connectivity index (χ0) is 17.4. The first kappa shape index (κ1) is 21.4.